The van der Waals surface area contributed by atoms with Crippen LogP contribution in [0.5, 0.6) is 0 Å². The van der Waals surface area contributed by atoms with Gasteiger partial charge in [-0.3, -0.25) is 9.69 Å². The number of carbonyl (C=O) groups excluding carboxylic acids is 1. The van der Waals surface area contributed by atoms with Crippen molar-refractivity contribution in [3.63, 3.8) is 0 Å². The van der Waals surface area contributed by atoms with Crippen LogP contribution in [0, 0.1) is 0 Å². The monoisotopic (exact) mass is 525 g/mol. The second kappa shape index (κ2) is 12.6. The van der Waals surface area contributed by atoms with Gasteiger partial charge in [-0.15, -0.1) is 0 Å². The summed E-state index contributed by atoms with van der Waals surface area (Å²) in [5.74, 6) is 0.0729. The van der Waals surface area contributed by atoms with E-state index in [1.807, 2.05) is 41.3 Å². The molecule has 2 N–H and O–H groups in total. The SMILES string of the molecule is CC(C)N(CC(=O)N(CCc1c[nH]c2ccccc12)Cc1ccc(C(C)(C)C)cc1)CC(O)c1ccccc1. The summed E-state index contributed by atoms with van der Waals surface area (Å²) in [7, 11) is 0. The molecule has 1 unspecified atom stereocenters. The molecule has 0 fully saturated rings. The Hall–Kier alpha value is -3.41. The summed E-state index contributed by atoms with van der Waals surface area (Å²) in [5, 5.41) is 12.1. The van der Waals surface area contributed by atoms with Crippen molar-refractivity contribution in [2.45, 2.75) is 65.1 Å². The van der Waals surface area contributed by atoms with E-state index in [9.17, 15) is 9.90 Å². The predicted molar refractivity (Wildman–Crippen MR) is 161 cm³/mol. The molecule has 1 heterocycles. The number of aromatic nitrogens is 1. The molecule has 0 saturated carbocycles. The van der Waals surface area contributed by atoms with Gasteiger partial charge in [0, 0.05) is 42.8 Å². The van der Waals surface area contributed by atoms with E-state index in [1.54, 1.807) is 0 Å². The molecule has 0 bridgehead atoms. The average molecular weight is 526 g/mol. The number of aliphatic hydroxyl groups is 1. The largest absolute Gasteiger partial charge is 0.387 e. The fourth-order valence-corrected chi connectivity index (χ4v) is 4.95. The molecular weight excluding hydrogens is 482 g/mol. The Balaban J connectivity index is 1.51. The number of benzene rings is 3. The molecular formula is C34H43N3O2. The zero-order chi connectivity index (χ0) is 28.0. The first-order valence-electron chi connectivity index (χ1n) is 14.0. The number of amides is 1. The Morgan fingerprint density at radius 3 is 2.26 bits per heavy atom. The van der Waals surface area contributed by atoms with Gasteiger partial charge in [0.1, 0.15) is 0 Å². The van der Waals surface area contributed by atoms with Crippen LogP contribution in [0.3, 0.4) is 0 Å². The summed E-state index contributed by atoms with van der Waals surface area (Å²) >= 11 is 0. The van der Waals surface area contributed by atoms with Gasteiger partial charge in [-0.25, -0.2) is 0 Å². The third-order valence-corrected chi connectivity index (χ3v) is 7.53. The fourth-order valence-electron chi connectivity index (χ4n) is 4.95. The lowest BCUT2D eigenvalue weighted by Gasteiger charge is -2.31. The van der Waals surface area contributed by atoms with Gasteiger partial charge in [-0.05, 0) is 54.0 Å². The van der Waals surface area contributed by atoms with Gasteiger partial charge < -0.3 is 15.0 Å². The predicted octanol–water partition coefficient (Wildman–Crippen LogP) is 6.48. The number of para-hydroxylation sites is 1. The maximum atomic E-state index is 13.8. The number of H-pyrrole nitrogens is 1. The second-order valence-corrected chi connectivity index (χ2v) is 11.8. The van der Waals surface area contributed by atoms with Crippen LogP contribution in [-0.4, -0.2) is 51.5 Å². The van der Waals surface area contributed by atoms with Gasteiger partial charge in [0.25, 0.3) is 0 Å². The molecule has 0 aliphatic carbocycles. The summed E-state index contributed by atoms with van der Waals surface area (Å²) in [6.45, 7) is 12.6. The molecule has 206 valence electrons. The van der Waals surface area contributed by atoms with Crippen LogP contribution < -0.4 is 0 Å². The highest BCUT2D eigenvalue weighted by Gasteiger charge is 2.23. The molecule has 1 amide bonds. The normalized spacial score (nSPS) is 12.8. The first kappa shape index (κ1) is 28.6. The van der Waals surface area contributed by atoms with Crippen molar-refractivity contribution in [1.82, 2.24) is 14.8 Å². The van der Waals surface area contributed by atoms with E-state index in [0.717, 1.165) is 23.1 Å². The van der Waals surface area contributed by atoms with Crippen molar-refractivity contribution in [2.75, 3.05) is 19.6 Å². The zero-order valence-electron chi connectivity index (χ0n) is 24.0. The van der Waals surface area contributed by atoms with Crippen LogP contribution in [0.2, 0.25) is 0 Å². The van der Waals surface area contributed by atoms with E-state index in [-0.39, 0.29) is 23.9 Å². The molecule has 0 aliphatic rings. The summed E-state index contributed by atoms with van der Waals surface area (Å²) in [6.07, 6.45) is 2.18. The van der Waals surface area contributed by atoms with Gasteiger partial charge in [0.15, 0.2) is 0 Å². The maximum absolute atomic E-state index is 13.8. The van der Waals surface area contributed by atoms with Gasteiger partial charge >= 0.3 is 0 Å². The lowest BCUT2D eigenvalue weighted by molar-refractivity contribution is -0.133. The lowest BCUT2D eigenvalue weighted by Crippen LogP contribution is -2.44. The van der Waals surface area contributed by atoms with Crippen LogP contribution in [-0.2, 0) is 23.2 Å². The molecule has 5 nitrogen and oxygen atoms in total. The van der Waals surface area contributed by atoms with E-state index in [2.05, 4.69) is 93.2 Å². The third kappa shape index (κ3) is 7.59. The molecule has 4 aromatic rings. The minimum absolute atomic E-state index is 0.0729. The van der Waals surface area contributed by atoms with Crippen LogP contribution in [0.15, 0.2) is 85.1 Å². The van der Waals surface area contributed by atoms with E-state index < -0.39 is 6.10 Å². The molecule has 0 radical (unpaired) electrons. The highest BCUT2D eigenvalue weighted by molar-refractivity contribution is 5.83. The molecule has 5 heteroatoms. The first-order chi connectivity index (χ1) is 18.6. The summed E-state index contributed by atoms with van der Waals surface area (Å²) in [4.78, 5) is 21.2. The van der Waals surface area contributed by atoms with Crippen LogP contribution >= 0.6 is 0 Å². The van der Waals surface area contributed by atoms with Gasteiger partial charge in [0.05, 0.1) is 12.6 Å². The summed E-state index contributed by atoms with van der Waals surface area (Å²) < 4.78 is 0. The third-order valence-electron chi connectivity index (χ3n) is 7.53. The maximum Gasteiger partial charge on any atom is 0.237 e. The standard InChI is InChI=1S/C34H43N3O2/c1-25(2)37(23-32(38)27-11-7-6-8-12-27)24-33(39)36(22-26-15-17-29(18-16-26)34(3,4)5)20-19-28-21-35-31-14-10-9-13-30(28)31/h6-18,21,25,32,35,38H,19-20,22-24H2,1-5H3. The number of aromatic amines is 1. The Morgan fingerprint density at radius 2 is 1.59 bits per heavy atom. The Bertz CT molecular complexity index is 1340. The molecule has 0 saturated heterocycles. The number of rotatable bonds is 11. The lowest BCUT2D eigenvalue weighted by atomic mass is 9.87. The number of carbonyl (C=O) groups is 1. The van der Waals surface area contributed by atoms with Crippen molar-refractivity contribution >= 4 is 16.8 Å². The topological polar surface area (TPSA) is 59.6 Å². The number of aliphatic hydroxyl groups excluding tert-OH is 1. The van der Waals surface area contributed by atoms with E-state index in [1.165, 1.54) is 16.5 Å². The minimum atomic E-state index is -0.647. The first-order valence-corrected chi connectivity index (χ1v) is 14.0. The van der Waals surface area contributed by atoms with Crippen molar-refractivity contribution in [3.05, 3.63) is 107 Å². The molecule has 1 aromatic heterocycles. The molecule has 0 aliphatic heterocycles. The van der Waals surface area contributed by atoms with Crippen molar-refractivity contribution in [1.29, 1.82) is 0 Å². The van der Waals surface area contributed by atoms with E-state index in [4.69, 9.17) is 0 Å². The molecule has 4 rings (SSSR count). The summed E-state index contributed by atoms with van der Waals surface area (Å²) in [5.41, 5.74) is 5.68. The van der Waals surface area contributed by atoms with Crippen molar-refractivity contribution in [3.8, 4) is 0 Å². The Labute approximate surface area is 233 Å². The van der Waals surface area contributed by atoms with Crippen molar-refractivity contribution < 1.29 is 9.90 Å². The number of hydrogen-bond acceptors (Lipinski definition) is 3. The summed E-state index contributed by atoms with van der Waals surface area (Å²) in [6, 6.07) is 26.7. The quantitative estimate of drug-likeness (QED) is 0.236. The van der Waals surface area contributed by atoms with Gasteiger partial charge in [-0.2, -0.15) is 0 Å². The van der Waals surface area contributed by atoms with Gasteiger partial charge in [-0.1, -0.05) is 93.6 Å². The van der Waals surface area contributed by atoms with Crippen molar-refractivity contribution in [2.24, 2.45) is 0 Å². The Kier molecular flexibility index (Phi) is 9.26. The number of hydrogen-bond donors (Lipinski definition) is 2. The molecule has 0 spiro atoms. The number of nitrogens with one attached hydrogen (secondary N) is 1. The van der Waals surface area contributed by atoms with Gasteiger partial charge in [0.2, 0.25) is 5.91 Å². The zero-order valence-corrected chi connectivity index (χ0v) is 24.0. The van der Waals surface area contributed by atoms with E-state index in [0.29, 0.717) is 19.6 Å². The average Bonchev–Trinajstić information content (AvgIpc) is 3.33. The minimum Gasteiger partial charge on any atom is -0.387 e. The highest BCUT2D eigenvalue weighted by Crippen LogP contribution is 2.23. The number of fused-ring (bicyclic) bond motifs is 1. The molecule has 1 atom stereocenters. The van der Waals surface area contributed by atoms with Crippen LogP contribution in [0.4, 0.5) is 0 Å². The Morgan fingerprint density at radius 1 is 0.923 bits per heavy atom. The number of nitrogens with zero attached hydrogens (tertiary/aromatic N) is 2. The fraction of sp³-hybridized carbons (Fsp3) is 0.382. The second-order valence-electron chi connectivity index (χ2n) is 11.8. The highest BCUT2D eigenvalue weighted by atomic mass is 16.3. The van der Waals surface area contributed by atoms with Crippen LogP contribution in [0.25, 0.3) is 10.9 Å². The van der Waals surface area contributed by atoms with E-state index >= 15 is 0 Å². The molecule has 3 aromatic carbocycles. The smallest absolute Gasteiger partial charge is 0.237 e. The van der Waals surface area contributed by atoms with Crippen LogP contribution in [0.1, 0.15) is 63.0 Å². The molecule has 39 heavy (non-hydrogen) atoms.